The molecule has 0 aromatic heterocycles. The fourth-order valence-electron chi connectivity index (χ4n) is 2.93. The summed E-state index contributed by atoms with van der Waals surface area (Å²) in [7, 11) is 0. The topological polar surface area (TPSA) is 40.5 Å². The van der Waals surface area contributed by atoms with Crippen LogP contribution in [0.5, 0.6) is 11.5 Å². The smallest absolute Gasteiger partial charge is 0.129 e. The summed E-state index contributed by atoms with van der Waals surface area (Å²) in [6.45, 7) is 0. The van der Waals surface area contributed by atoms with Crippen LogP contribution in [0.15, 0.2) is 107 Å². The maximum absolute atomic E-state index is 10.3. The van der Waals surface area contributed by atoms with Crippen LogP contribution in [-0.4, -0.2) is 10.2 Å². The van der Waals surface area contributed by atoms with Crippen LogP contribution in [0, 0.1) is 0 Å². The van der Waals surface area contributed by atoms with Gasteiger partial charge in [-0.3, -0.25) is 0 Å². The molecule has 0 atom stereocenters. The van der Waals surface area contributed by atoms with Crippen LogP contribution in [0.25, 0.3) is 22.3 Å². The lowest BCUT2D eigenvalue weighted by molar-refractivity contribution is 0.460. The van der Waals surface area contributed by atoms with Crippen molar-refractivity contribution in [3.8, 4) is 33.8 Å². The third-order valence-corrected chi connectivity index (χ3v) is 5.45. The Morgan fingerprint density at radius 3 is 1.26 bits per heavy atom. The summed E-state index contributed by atoms with van der Waals surface area (Å²) in [5.41, 5.74) is 4.22. The second kappa shape index (κ2) is 7.60. The van der Waals surface area contributed by atoms with Crippen LogP contribution in [0.4, 0.5) is 0 Å². The van der Waals surface area contributed by atoms with E-state index in [2.05, 4.69) is 0 Å². The molecule has 4 aromatic carbocycles. The fraction of sp³-hybridized carbons (Fsp3) is 0. The molecular formula is C24H18O2S. The molecule has 0 aliphatic heterocycles. The van der Waals surface area contributed by atoms with Gasteiger partial charge in [-0.1, -0.05) is 84.6 Å². The van der Waals surface area contributed by atoms with E-state index in [0.717, 1.165) is 22.3 Å². The molecule has 0 bridgehead atoms. The van der Waals surface area contributed by atoms with Gasteiger partial charge in [0.1, 0.15) is 11.5 Å². The van der Waals surface area contributed by atoms with Gasteiger partial charge in [-0.15, -0.1) is 0 Å². The first-order valence-electron chi connectivity index (χ1n) is 8.65. The molecule has 0 fully saturated rings. The Morgan fingerprint density at radius 2 is 0.852 bits per heavy atom. The van der Waals surface area contributed by atoms with Crippen molar-refractivity contribution in [3.05, 3.63) is 97.1 Å². The average Bonchev–Trinajstić information content (AvgIpc) is 2.72. The number of hydrogen-bond donors (Lipinski definition) is 2. The van der Waals surface area contributed by atoms with E-state index in [4.69, 9.17) is 0 Å². The quantitative estimate of drug-likeness (QED) is 0.426. The van der Waals surface area contributed by atoms with Crippen molar-refractivity contribution in [2.45, 2.75) is 9.79 Å². The van der Waals surface area contributed by atoms with E-state index < -0.39 is 0 Å². The van der Waals surface area contributed by atoms with Crippen molar-refractivity contribution >= 4 is 11.8 Å². The van der Waals surface area contributed by atoms with Gasteiger partial charge < -0.3 is 10.2 Å². The molecule has 0 saturated carbocycles. The van der Waals surface area contributed by atoms with Gasteiger partial charge in [-0.2, -0.15) is 0 Å². The Labute approximate surface area is 162 Å². The van der Waals surface area contributed by atoms with Crippen LogP contribution >= 0.6 is 11.8 Å². The molecule has 132 valence electrons. The summed E-state index contributed by atoms with van der Waals surface area (Å²) >= 11 is 1.36. The number of hydrogen-bond acceptors (Lipinski definition) is 3. The third kappa shape index (κ3) is 3.83. The highest BCUT2D eigenvalue weighted by molar-refractivity contribution is 7.99. The summed E-state index contributed by atoms with van der Waals surface area (Å²) in [5.74, 6) is 0.397. The van der Waals surface area contributed by atoms with Gasteiger partial charge in [0.25, 0.3) is 0 Å². The largest absolute Gasteiger partial charge is 0.507 e. The maximum atomic E-state index is 10.3. The third-order valence-electron chi connectivity index (χ3n) is 4.35. The standard InChI is InChI=1S/C24H18O2S/c25-21-13-11-19(17-7-3-1-4-8-17)15-23(21)27-24-16-20(12-14-22(24)26)18-9-5-2-6-10-18/h1-16,25-26H. The number of aromatic hydroxyl groups is 2. The maximum Gasteiger partial charge on any atom is 0.129 e. The molecule has 0 spiro atoms. The molecule has 0 unspecified atom stereocenters. The zero-order valence-corrected chi connectivity index (χ0v) is 15.4. The summed E-state index contributed by atoms with van der Waals surface area (Å²) in [6.07, 6.45) is 0. The molecule has 0 aliphatic carbocycles. The summed E-state index contributed by atoms with van der Waals surface area (Å²) in [6, 6.07) is 31.1. The highest BCUT2D eigenvalue weighted by Gasteiger charge is 2.11. The molecule has 4 aromatic rings. The van der Waals surface area contributed by atoms with Gasteiger partial charge in [0.15, 0.2) is 0 Å². The molecule has 3 heteroatoms. The van der Waals surface area contributed by atoms with Crippen LogP contribution < -0.4 is 0 Å². The lowest BCUT2D eigenvalue weighted by atomic mass is 10.1. The highest BCUT2D eigenvalue weighted by atomic mass is 32.2. The minimum Gasteiger partial charge on any atom is -0.507 e. The van der Waals surface area contributed by atoms with Crippen molar-refractivity contribution < 1.29 is 10.2 Å². The number of phenolic OH excluding ortho intramolecular Hbond substituents is 2. The first-order chi connectivity index (χ1) is 13.2. The molecule has 27 heavy (non-hydrogen) atoms. The van der Waals surface area contributed by atoms with Gasteiger partial charge in [-0.25, -0.2) is 0 Å². The molecule has 2 N–H and O–H groups in total. The first-order valence-corrected chi connectivity index (χ1v) is 9.47. The zero-order valence-electron chi connectivity index (χ0n) is 14.5. The molecule has 0 radical (unpaired) electrons. The van der Waals surface area contributed by atoms with E-state index >= 15 is 0 Å². The Balaban J connectivity index is 1.70. The lowest BCUT2D eigenvalue weighted by Crippen LogP contribution is -1.83. The lowest BCUT2D eigenvalue weighted by Gasteiger charge is -2.11. The average molecular weight is 370 g/mol. The summed E-state index contributed by atoms with van der Waals surface area (Å²) in [4.78, 5) is 1.41. The predicted molar refractivity (Wildman–Crippen MR) is 111 cm³/mol. The van der Waals surface area contributed by atoms with Gasteiger partial charge in [-0.05, 0) is 46.5 Å². The Morgan fingerprint density at radius 1 is 0.444 bits per heavy atom. The Bertz CT molecular complexity index is 973. The zero-order chi connectivity index (χ0) is 18.6. The van der Waals surface area contributed by atoms with E-state index in [0.29, 0.717) is 9.79 Å². The Kier molecular flexibility index (Phi) is 4.86. The SMILES string of the molecule is Oc1ccc(-c2ccccc2)cc1Sc1cc(-c2ccccc2)ccc1O. The van der Waals surface area contributed by atoms with E-state index in [1.165, 1.54) is 11.8 Å². The molecule has 4 rings (SSSR count). The van der Waals surface area contributed by atoms with Gasteiger partial charge >= 0.3 is 0 Å². The molecular weight excluding hydrogens is 352 g/mol. The second-order valence-electron chi connectivity index (χ2n) is 6.20. The number of phenols is 2. The second-order valence-corrected chi connectivity index (χ2v) is 7.28. The fourth-order valence-corrected chi connectivity index (χ4v) is 3.88. The normalized spacial score (nSPS) is 10.7. The van der Waals surface area contributed by atoms with Crippen molar-refractivity contribution in [2.75, 3.05) is 0 Å². The van der Waals surface area contributed by atoms with E-state index in [-0.39, 0.29) is 11.5 Å². The van der Waals surface area contributed by atoms with Crippen LogP contribution in [0.2, 0.25) is 0 Å². The molecule has 0 heterocycles. The van der Waals surface area contributed by atoms with E-state index in [1.807, 2.05) is 84.9 Å². The monoisotopic (exact) mass is 370 g/mol. The number of rotatable bonds is 4. The number of benzene rings is 4. The molecule has 0 aliphatic rings. The van der Waals surface area contributed by atoms with E-state index in [1.54, 1.807) is 12.1 Å². The Hall–Kier alpha value is -3.17. The van der Waals surface area contributed by atoms with Crippen molar-refractivity contribution in [1.29, 1.82) is 0 Å². The first kappa shape index (κ1) is 17.3. The van der Waals surface area contributed by atoms with E-state index in [9.17, 15) is 10.2 Å². The van der Waals surface area contributed by atoms with Gasteiger partial charge in [0.2, 0.25) is 0 Å². The van der Waals surface area contributed by atoms with Crippen molar-refractivity contribution in [3.63, 3.8) is 0 Å². The van der Waals surface area contributed by atoms with Crippen LogP contribution in [0.1, 0.15) is 0 Å². The summed E-state index contributed by atoms with van der Waals surface area (Å²) < 4.78 is 0. The van der Waals surface area contributed by atoms with Crippen LogP contribution in [-0.2, 0) is 0 Å². The molecule has 0 amide bonds. The van der Waals surface area contributed by atoms with Gasteiger partial charge in [0.05, 0.1) is 9.79 Å². The van der Waals surface area contributed by atoms with Crippen molar-refractivity contribution in [1.82, 2.24) is 0 Å². The molecule has 2 nitrogen and oxygen atoms in total. The minimum absolute atomic E-state index is 0.198. The van der Waals surface area contributed by atoms with Gasteiger partial charge in [0, 0.05) is 0 Å². The van der Waals surface area contributed by atoms with Crippen molar-refractivity contribution in [2.24, 2.45) is 0 Å². The predicted octanol–water partition coefficient (Wildman–Crippen LogP) is 6.58. The highest BCUT2D eigenvalue weighted by Crippen LogP contribution is 2.42. The summed E-state index contributed by atoms with van der Waals surface area (Å²) in [5, 5.41) is 20.6. The molecule has 0 saturated heterocycles. The minimum atomic E-state index is 0.198. The van der Waals surface area contributed by atoms with Crippen LogP contribution in [0.3, 0.4) is 0 Å².